The van der Waals surface area contributed by atoms with Gasteiger partial charge >= 0.3 is 5.97 Å². The van der Waals surface area contributed by atoms with Crippen LogP contribution < -0.4 is 0 Å². The molecule has 1 saturated carbocycles. The minimum Gasteiger partial charge on any atom is -0.461 e. The summed E-state index contributed by atoms with van der Waals surface area (Å²) < 4.78 is 11.5. The average molecular weight is 360 g/mol. The zero-order chi connectivity index (χ0) is 19.2. The van der Waals surface area contributed by atoms with Gasteiger partial charge in [0.25, 0.3) is 0 Å². The van der Waals surface area contributed by atoms with E-state index < -0.39 is 23.6 Å². The van der Waals surface area contributed by atoms with Crippen LogP contribution in [0.15, 0.2) is 22.3 Å². The summed E-state index contributed by atoms with van der Waals surface area (Å²) in [6.45, 7) is 9.63. The Morgan fingerprint density at radius 1 is 1.46 bits per heavy atom. The van der Waals surface area contributed by atoms with Crippen molar-refractivity contribution in [3.8, 4) is 0 Å². The van der Waals surface area contributed by atoms with Crippen LogP contribution >= 0.6 is 0 Å². The van der Waals surface area contributed by atoms with Crippen LogP contribution in [-0.2, 0) is 9.53 Å². The number of hydrogen-bond acceptors (Lipinski definition) is 5. The van der Waals surface area contributed by atoms with Crippen molar-refractivity contribution in [1.29, 1.82) is 0 Å². The third-order valence-corrected chi connectivity index (χ3v) is 6.61. The highest BCUT2D eigenvalue weighted by Crippen LogP contribution is 2.59. The Hall–Kier alpha value is -1.88. The Kier molecular flexibility index (Phi) is 4.86. The Bertz CT molecular complexity index is 758. The van der Waals surface area contributed by atoms with E-state index in [0.29, 0.717) is 24.2 Å². The van der Waals surface area contributed by atoms with Gasteiger partial charge in [-0.25, -0.2) is 4.79 Å². The second-order valence-electron chi connectivity index (χ2n) is 8.04. The highest BCUT2D eigenvalue weighted by molar-refractivity contribution is 5.99. The van der Waals surface area contributed by atoms with Crippen molar-refractivity contribution in [1.82, 2.24) is 0 Å². The predicted molar refractivity (Wildman–Crippen MR) is 96.7 cm³/mol. The fourth-order valence-electron chi connectivity index (χ4n) is 4.54. The average Bonchev–Trinajstić information content (AvgIpc) is 2.98. The van der Waals surface area contributed by atoms with Crippen LogP contribution in [0.4, 0.5) is 0 Å². The number of esters is 1. The van der Waals surface area contributed by atoms with Gasteiger partial charge in [-0.15, -0.1) is 0 Å². The number of aliphatic hydroxyl groups is 1. The summed E-state index contributed by atoms with van der Waals surface area (Å²) in [6.07, 6.45) is 3.83. The Labute approximate surface area is 154 Å². The summed E-state index contributed by atoms with van der Waals surface area (Å²) in [7, 11) is 0. The second kappa shape index (κ2) is 6.69. The molecule has 1 heterocycles. The molecule has 0 bridgehead atoms. The molecule has 1 fully saturated rings. The normalized spacial score (nSPS) is 34.2. The Morgan fingerprint density at radius 3 is 2.81 bits per heavy atom. The van der Waals surface area contributed by atoms with Crippen LogP contribution in [-0.4, -0.2) is 23.0 Å². The van der Waals surface area contributed by atoms with Crippen LogP contribution in [0.3, 0.4) is 0 Å². The maximum absolute atomic E-state index is 13.0. The molecule has 0 aromatic carbocycles. The highest BCUT2D eigenvalue weighted by atomic mass is 16.5. The van der Waals surface area contributed by atoms with E-state index in [-0.39, 0.29) is 17.6 Å². The van der Waals surface area contributed by atoms with Crippen LogP contribution in [0.25, 0.3) is 0 Å². The smallest absolute Gasteiger partial charge is 0.331 e. The van der Waals surface area contributed by atoms with E-state index in [0.717, 1.165) is 17.6 Å². The third-order valence-electron chi connectivity index (χ3n) is 6.61. The predicted octanol–water partition coefficient (Wildman–Crippen LogP) is 4.14. The van der Waals surface area contributed by atoms with E-state index in [4.69, 9.17) is 9.15 Å². The lowest BCUT2D eigenvalue weighted by Gasteiger charge is -2.53. The molecule has 0 radical (unpaired) electrons. The largest absolute Gasteiger partial charge is 0.461 e. The highest BCUT2D eigenvalue weighted by Gasteiger charge is 2.60. The maximum atomic E-state index is 13.0. The number of allylic oxidation sites excluding steroid dienone is 1. The fraction of sp³-hybridized carbons (Fsp3) is 0.619. The van der Waals surface area contributed by atoms with Gasteiger partial charge in [0.05, 0.1) is 12.4 Å². The SMILES string of the molecule is CCC(C)=CC(=O)OC1c2c(C)coc2C(=O)C2CCC(O)C(C)C21C. The Balaban J connectivity index is 2.10. The van der Waals surface area contributed by atoms with Gasteiger partial charge in [-0.3, -0.25) is 4.79 Å². The van der Waals surface area contributed by atoms with E-state index in [1.807, 2.05) is 34.6 Å². The van der Waals surface area contributed by atoms with Gasteiger partial charge < -0.3 is 14.3 Å². The van der Waals surface area contributed by atoms with Gasteiger partial charge in [-0.05, 0) is 44.6 Å². The fourth-order valence-corrected chi connectivity index (χ4v) is 4.54. The van der Waals surface area contributed by atoms with E-state index in [2.05, 4.69) is 0 Å². The van der Waals surface area contributed by atoms with Gasteiger partial charge in [-0.2, -0.15) is 0 Å². The minimum absolute atomic E-state index is 0.0399. The summed E-state index contributed by atoms with van der Waals surface area (Å²) in [4.78, 5) is 25.6. The van der Waals surface area contributed by atoms with Crippen molar-refractivity contribution < 1.29 is 23.8 Å². The van der Waals surface area contributed by atoms with Crippen molar-refractivity contribution in [3.63, 3.8) is 0 Å². The van der Waals surface area contributed by atoms with Gasteiger partial charge in [0, 0.05) is 23.0 Å². The molecule has 0 spiro atoms. The van der Waals surface area contributed by atoms with Crippen molar-refractivity contribution in [2.45, 2.75) is 66.1 Å². The molecule has 0 aliphatic heterocycles. The molecule has 5 heteroatoms. The summed E-state index contributed by atoms with van der Waals surface area (Å²) in [5.74, 6) is -0.651. The number of aliphatic hydroxyl groups excluding tert-OH is 1. The van der Waals surface area contributed by atoms with Crippen molar-refractivity contribution >= 4 is 11.8 Å². The van der Waals surface area contributed by atoms with Crippen molar-refractivity contribution in [3.05, 3.63) is 34.8 Å². The van der Waals surface area contributed by atoms with Gasteiger partial charge in [-0.1, -0.05) is 26.3 Å². The number of Topliss-reactive ketones (excluding diaryl/α,β-unsaturated/α-hetero) is 1. The first kappa shape index (κ1) is 18.9. The lowest BCUT2D eigenvalue weighted by atomic mass is 9.53. The number of aryl methyl sites for hydroxylation is 1. The number of ether oxygens (including phenoxy) is 1. The molecule has 2 aliphatic carbocycles. The number of hydrogen-bond donors (Lipinski definition) is 1. The third kappa shape index (κ3) is 2.73. The van der Waals surface area contributed by atoms with E-state index in [1.165, 1.54) is 6.08 Å². The molecule has 5 atom stereocenters. The molecule has 2 aliphatic rings. The van der Waals surface area contributed by atoms with Crippen LogP contribution in [0.1, 0.15) is 74.7 Å². The lowest BCUT2D eigenvalue weighted by molar-refractivity contribution is -0.167. The minimum atomic E-state index is -0.667. The topological polar surface area (TPSA) is 76.7 Å². The standard InChI is InChI=1S/C21H28O5/c1-6-11(2)9-16(23)26-20-17-12(3)10-25-19(17)18(24)14-7-8-15(22)13(4)21(14,20)5/h9-10,13-15,20,22H,6-8H2,1-5H3. The Morgan fingerprint density at radius 2 is 2.15 bits per heavy atom. The number of fused-ring (bicyclic) bond motifs is 2. The molecule has 0 amide bonds. The van der Waals surface area contributed by atoms with Crippen molar-refractivity contribution in [2.24, 2.45) is 17.3 Å². The molecule has 1 aromatic heterocycles. The number of rotatable bonds is 3. The molecule has 0 saturated heterocycles. The molecule has 26 heavy (non-hydrogen) atoms. The van der Waals surface area contributed by atoms with Crippen LogP contribution in [0.5, 0.6) is 0 Å². The van der Waals surface area contributed by atoms with Gasteiger partial charge in [0.2, 0.25) is 5.78 Å². The summed E-state index contributed by atoms with van der Waals surface area (Å²) in [5.41, 5.74) is 1.73. The first-order chi connectivity index (χ1) is 12.2. The molecule has 3 rings (SSSR count). The number of carbonyl (C=O) groups excluding carboxylic acids is 2. The monoisotopic (exact) mass is 360 g/mol. The molecule has 5 unspecified atom stereocenters. The summed E-state index contributed by atoms with van der Waals surface area (Å²) in [5, 5.41) is 10.5. The molecule has 142 valence electrons. The first-order valence-corrected chi connectivity index (χ1v) is 9.39. The molecule has 1 aromatic rings. The van der Waals surface area contributed by atoms with Crippen LogP contribution in [0.2, 0.25) is 0 Å². The first-order valence-electron chi connectivity index (χ1n) is 9.39. The zero-order valence-corrected chi connectivity index (χ0v) is 16.2. The van der Waals surface area contributed by atoms with E-state index >= 15 is 0 Å². The number of ketones is 1. The molecular weight excluding hydrogens is 332 g/mol. The van der Waals surface area contributed by atoms with Gasteiger partial charge in [0.15, 0.2) is 5.76 Å². The van der Waals surface area contributed by atoms with E-state index in [9.17, 15) is 14.7 Å². The van der Waals surface area contributed by atoms with Crippen LogP contribution in [0, 0.1) is 24.2 Å². The second-order valence-corrected chi connectivity index (χ2v) is 8.04. The van der Waals surface area contributed by atoms with Crippen molar-refractivity contribution in [2.75, 3.05) is 0 Å². The number of furan rings is 1. The zero-order valence-electron chi connectivity index (χ0n) is 16.2. The number of carbonyl (C=O) groups is 2. The molecular formula is C21H28O5. The summed E-state index contributed by atoms with van der Waals surface area (Å²) >= 11 is 0. The van der Waals surface area contributed by atoms with Gasteiger partial charge in [0.1, 0.15) is 6.10 Å². The maximum Gasteiger partial charge on any atom is 0.331 e. The molecule has 5 nitrogen and oxygen atoms in total. The lowest BCUT2D eigenvalue weighted by Crippen LogP contribution is -2.54. The van der Waals surface area contributed by atoms with E-state index in [1.54, 1.807) is 6.26 Å². The molecule has 1 N–H and O–H groups in total. The quantitative estimate of drug-likeness (QED) is 0.647. The summed E-state index contributed by atoms with van der Waals surface area (Å²) in [6, 6.07) is 0.